The summed E-state index contributed by atoms with van der Waals surface area (Å²) >= 11 is 0. The van der Waals surface area contributed by atoms with Crippen LogP contribution < -0.4 is 0 Å². The van der Waals surface area contributed by atoms with Crippen LogP contribution >= 0.6 is 0 Å². The molecule has 2 aromatic carbocycles. The molecule has 0 N–H and O–H groups in total. The summed E-state index contributed by atoms with van der Waals surface area (Å²) in [6.45, 7) is 2.92. The standard InChI is InChI=1S/C18H18F3N/c19-18(20,21)17-9-7-14(8-10-17)4-3-11-22-12-15-5-1-2-6-16(15)13-22/h1-2,5-10H,3-4,11-13H2. The Labute approximate surface area is 128 Å². The van der Waals surface area contributed by atoms with Gasteiger partial charge in [0.15, 0.2) is 0 Å². The lowest BCUT2D eigenvalue weighted by Crippen LogP contribution is -2.18. The molecule has 0 saturated heterocycles. The minimum Gasteiger partial charge on any atom is -0.295 e. The smallest absolute Gasteiger partial charge is 0.295 e. The first kappa shape index (κ1) is 15.1. The van der Waals surface area contributed by atoms with E-state index < -0.39 is 11.7 Å². The SMILES string of the molecule is FC(F)(F)c1ccc(CCCN2Cc3ccccc3C2)cc1. The molecule has 1 aliphatic heterocycles. The number of aryl methyl sites for hydroxylation is 1. The average Bonchev–Trinajstić information content (AvgIpc) is 2.89. The second-order valence-electron chi connectivity index (χ2n) is 5.78. The Morgan fingerprint density at radius 1 is 0.864 bits per heavy atom. The van der Waals surface area contributed by atoms with Gasteiger partial charge in [0.2, 0.25) is 0 Å². The third kappa shape index (κ3) is 3.50. The maximum Gasteiger partial charge on any atom is 0.416 e. The summed E-state index contributed by atoms with van der Waals surface area (Å²) in [5.41, 5.74) is 3.16. The van der Waals surface area contributed by atoms with Gasteiger partial charge in [0, 0.05) is 13.1 Å². The second-order valence-corrected chi connectivity index (χ2v) is 5.78. The number of rotatable bonds is 4. The maximum absolute atomic E-state index is 12.5. The minimum atomic E-state index is -4.25. The third-order valence-corrected chi connectivity index (χ3v) is 4.13. The molecule has 3 rings (SSSR count). The van der Waals surface area contributed by atoms with Crippen LogP contribution in [0, 0.1) is 0 Å². The maximum atomic E-state index is 12.5. The molecule has 0 atom stereocenters. The molecule has 22 heavy (non-hydrogen) atoms. The topological polar surface area (TPSA) is 3.24 Å². The van der Waals surface area contributed by atoms with Gasteiger partial charge in [-0.3, -0.25) is 4.90 Å². The lowest BCUT2D eigenvalue weighted by molar-refractivity contribution is -0.137. The van der Waals surface area contributed by atoms with Gasteiger partial charge >= 0.3 is 6.18 Å². The van der Waals surface area contributed by atoms with E-state index in [0.29, 0.717) is 0 Å². The van der Waals surface area contributed by atoms with Gasteiger partial charge in [-0.15, -0.1) is 0 Å². The van der Waals surface area contributed by atoms with E-state index in [1.807, 2.05) is 0 Å². The molecule has 0 spiro atoms. The molecule has 0 bridgehead atoms. The Morgan fingerprint density at radius 3 is 2.00 bits per heavy atom. The average molecular weight is 305 g/mol. The summed E-state index contributed by atoms with van der Waals surface area (Å²) in [5.74, 6) is 0. The summed E-state index contributed by atoms with van der Waals surface area (Å²) < 4.78 is 37.5. The van der Waals surface area contributed by atoms with E-state index in [1.54, 1.807) is 12.1 Å². The van der Waals surface area contributed by atoms with Gasteiger partial charge in [-0.05, 0) is 48.2 Å². The molecule has 0 unspecified atom stereocenters. The zero-order valence-electron chi connectivity index (χ0n) is 12.2. The van der Waals surface area contributed by atoms with Crippen molar-refractivity contribution in [3.05, 3.63) is 70.8 Å². The molecule has 0 radical (unpaired) electrons. The molecule has 1 heterocycles. The summed E-state index contributed by atoms with van der Waals surface area (Å²) in [6, 6.07) is 13.9. The Balaban J connectivity index is 1.48. The molecule has 0 aliphatic carbocycles. The first-order chi connectivity index (χ1) is 10.5. The van der Waals surface area contributed by atoms with E-state index in [9.17, 15) is 13.2 Å². The van der Waals surface area contributed by atoms with Crippen LogP contribution in [0.4, 0.5) is 13.2 Å². The molecule has 0 saturated carbocycles. The first-order valence-corrected chi connectivity index (χ1v) is 7.48. The van der Waals surface area contributed by atoms with Crippen molar-refractivity contribution in [1.82, 2.24) is 4.90 Å². The summed E-state index contributed by atoms with van der Waals surface area (Å²) in [4.78, 5) is 2.38. The highest BCUT2D eigenvalue weighted by Crippen LogP contribution is 2.29. The zero-order valence-corrected chi connectivity index (χ0v) is 12.2. The highest BCUT2D eigenvalue weighted by atomic mass is 19.4. The van der Waals surface area contributed by atoms with Crippen molar-refractivity contribution in [1.29, 1.82) is 0 Å². The van der Waals surface area contributed by atoms with Crippen LogP contribution in [0.3, 0.4) is 0 Å². The van der Waals surface area contributed by atoms with Gasteiger partial charge in [-0.25, -0.2) is 0 Å². The van der Waals surface area contributed by atoms with Crippen molar-refractivity contribution in [2.24, 2.45) is 0 Å². The van der Waals surface area contributed by atoms with Crippen molar-refractivity contribution in [3.8, 4) is 0 Å². The van der Waals surface area contributed by atoms with Crippen LogP contribution in [0.5, 0.6) is 0 Å². The van der Waals surface area contributed by atoms with Crippen molar-refractivity contribution in [3.63, 3.8) is 0 Å². The largest absolute Gasteiger partial charge is 0.416 e. The van der Waals surface area contributed by atoms with Crippen molar-refractivity contribution in [2.75, 3.05) is 6.54 Å². The monoisotopic (exact) mass is 305 g/mol. The second kappa shape index (κ2) is 6.13. The van der Waals surface area contributed by atoms with Gasteiger partial charge in [0.05, 0.1) is 5.56 Å². The summed E-state index contributed by atoms with van der Waals surface area (Å²) in [7, 11) is 0. The molecule has 1 nitrogen and oxygen atoms in total. The number of hydrogen-bond acceptors (Lipinski definition) is 1. The molecule has 0 fully saturated rings. The fraction of sp³-hybridized carbons (Fsp3) is 0.333. The number of halogens is 3. The van der Waals surface area contributed by atoms with Crippen molar-refractivity contribution in [2.45, 2.75) is 32.1 Å². The number of benzene rings is 2. The molecular weight excluding hydrogens is 287 g/mol. The van der Waals surface area contributed by atoms with Crippen LogP contribution in [0.1, 0.15) is 28.7 Å². The molecular formula is C18H18F3N. The molecule has 0 amide bonds. The van der Waals surface area contributed by atoms with Crippen molar-refractivity contribution >= 4 is 0 Å². The number of alkyl halides is 3. The summed E-state index contributed by atoms with van der Waals surface area (Å²) in [5, 5.41) is 0. The Bertz CT molecular complexity index is 607. The van der Waals surface area contributed by atoms with E-state index in [2.05, 4.69) is 29.2 Å². The van der Waals surface area contributed by atoms with Gasteiger partial charge in [0.25, 0.3) is 0 Å². The molecule has 1 aliphatic rings. The van der Waals surface area contributed by atoms with E-state index in [4.69, 9.17) is 0 Å². The normalized spacial score (nSPS) is 15.0. The lowest BCUT2D eigenvalue weighted by Gasteiger charge is -2.14. The van der Waals surface area contributed by atoms with E-state index >= 15 is 0 Å². The van der Waals surface area contributed by atoms with Gasteiger partial charge in [0.1, 0.15) is 0 Å². The zero-order chi connectivity index (χ0) is 15.6. The highest BCUT2D eigenvalue weighted by Gasteiger charge is 2.29. The fourth-order valence-corrected chi connectivity index (χ4v) is 2.93. The Hall–Kier alpha value is -1.81. The Morgan fingerprint density at radius 2 is 1.45 bits per heavy atom. The minimum absolute atomic E-state index is 0.578. The molecule has 4 heteroatoms. The van der Waals surface area contributed by atoms with E-state index in [1.165, 1.54) is 23.3 Å². The Kier molecular flexibility index (Phi) is 4.21. The number of fused-ring (bicyclic) bond motifs is 1. The van der Waals surface area contributed by atoms with Crippen LogP contribution in [0.25, 0.3) is 0 Å². The van der Waals surface area contributed by atoms with Gasteiger partial charge in [-0.2, -0.15) is 13.2 Å². The quantitative estimate of drug-likeness (QED) is 0.794. The van der Waals surface area contributed by atoms with Crippen molar-refractivity contribution < 1.29 is 13.2 Å². The fourth-order valence-electron chi connectivity index (χ4n) is 2.93. The van der Waals surface area contributed by atoms with Crippen LogP contribution in [0.2, 0.25) is 0 Å². The lowest BCUT2D eigenvalue weighted by atomic mass is 10.1. The first-order valence-electron chi connectivity index (χ1n) is 7.48. The van der Waals surface area contributed by atoms with E-state index in [0.717, 1.165) is 38.0 Å². The molecule has 116 valence electrons. The van der Waals surface area contributed by atoms with Crippen LogP contribution in [-0.2, 0) is 25.7 Å². The van der Waals surface area contributed by atoms with Crippen LogP contribution in [0.15, 0.2) is 48.5 Å². The van der Waals surface area contributed by atoms with Gasteiger partial charge in [-0.1, -0.05) is 36.4 Å². The predicted molar refractivity (Wildman–Crippen MR) is 80.3 cm³/mol. The summed E-state index contributed by atoms with van der Waals surface area (Å²) in [6.07, 6.45) is -2.48. The predicted octanol–water partition coefficient (Wildman–Crippen LogP) is 4.65. The number of hydrogen-bond donors (Lipinski definition) is 0. The van der Waals surface area contributed by atoms with E-state index in [-0.39, 0.29) is 0 Å². The van der Waals surface area contributed by atoms with Crippen LogP contribution in [-0.4, -0.2) is 11.4 Å². The highest BCUT2D eigenvalue weighted by molar-refractivity contribution is 5.30. The third-order valence-electron chi connectivity index (χ3n) is 4.13. The number of nitrogens with zero attached hydrogens (tertiary/aromatic N) is 1. The molecule has 2 aromatic rings. The molecule has 0 aromatic heterocycles. The van der Waals surface area contributed by atoms with Gasteiger partial charge < -0.3 is 0 Å².